The van der Waals surface area contributed by atoms with Crippen molar-refractivity contribution in [2.24, 2.45) is 5.92 Å². The molecule has 0 bridgehead atoms. The summed E-state index contributed by atoms with van der Waals surface area (Å²) >= 11 is 0. The molecule has 3 atom stereocenters. The molecule has 0 fully saturated rings. The van der Waals surface area contributed by atoms with Gasteiger partial charge in [0.05, 0.1) is 11.0 Å². The van der Waals surface area contributed by atoms with E-state index in [1.165, 1.54) is 0 Å². The van der Waals surface area contributed by atoms with E-state index in [4.69, 9.17) is 0 Å². The monoisotopic (exact) mass is 235 g/mol. The van der Waals surface area contributed by atoms with Crippen molar-refractivity contribution < 1.29 is 8.42 Å². The van der Waals surface area contributed by atoms with Crippen LogP contribution in [0, 0.1) is 5.92 Å². The van der Waals surface area contributed by atoms with Crippen LogP contribution in [-0.2, 0) is 9.84 Å². The second kappa shape index (κ2) is 6.48. The molecule has 0 spiro atoms. The molecule has 0 saturated heterocycles. The Labute approximate surface area is 94.6 Å². The first-order chi connectivity index (χ1) is 6.85. The van der Waals surface area contributed by atoms with Gasteiger partial charge in [0, 0.05) is 6.04 Å². The summed E-state index contributed by atoms with van der Waals surface area (Å²) in [6.07, 6.45) is 0.918. The summed E-state index contributed by atoms with van der Waals surface area (Å²) in [5.41, 5.74) is 0. The van der Waals surface area contributed by atoms with Gasteiger partial charge >= 0.3 is 0 Å². The Morgan fingerprint density at radius 1 is 1.13 bits per heavy atom. The lowest BCUT2D eigenvalue weighted by atomic mass is 10.2. The Bertz CT molecular complexity index is 262. The van der Waals surface area contributed by atoms with Crippen molar-refractivity contribution in [3.05, 3.63) is 0 Å². The molecule has 3 nitrogen and oxygen atoms in total. The molecule has 0 aliphatic carbocycles. The molecule has 92 valence electrons. The number of hydrogen-bond acceptors (Lipinski definition) is 3. The molecule has 0 amide bonds. The topological polar surface area (TPSA) is 46.2 Å². The Morgan fingerprint density at radius 3 is 2.07 bits per heavy atom. The summed E-state index contributed by atoms with van der Waals surface area (Å²) in [7, 11) is -2.96. The van der Waals surface area contributed by atoms with Crippen LogP contribution in [-0.4, -0.2) is 32.0 Å². The lowest BCUT2D eigenvalue weighted by Gasteiger charge is -2.22. The molecule has 0 aliphatic rings. The second-order valence-electron chi connectivity index (χ2n) is 4.39. The maximum Gasteiger partial charge on any atom is 0.154 e. The molecule has 0 aromatic carbocycles. The van der Waals surface area contributed by atoms with Gasteiger partial charge in [0.15, 0.2) is 9.84 Å². The van der Waals surface area contributed by atoms with E-state index in [9.17, 15) is 8.42 Å². The standard InChI is InChI=1S/C11H25NO2S/c1-6-9(3)8-15(13,14)11(5)10(4)12-7-2/h9-12H,6-8H2,1-5H3. The first-order valence-corrected chi connectivity index (χ1v) is 7.51. The van der Waals surface area contributed by atoms with Crippen LogP contribution in [0.1, 0.15) is 41.0 Å². The third-order valence-corrected chi connectivity index (χ3v) is 5.59. The van der Waals surface area contributed by atoms with Crippen molar-refractivity contribution in [3.63, 3.8) is 0 Å². The molecule has 0 heterocycles. The molecule has 4 heteroatoms. The Hall–Kier alpha value is -0.0900. The summed E-state index contributed by atoms with van der Waals surface area (Å²) in [5, 5.41) is 2.86. The van der Waals surface area contributed by atoms with Crippen LogP contribution >= 0.6 is 0 Å². The third-order valence-electron chi connectivity index (χ3n) is 3.01. The van der Waals surface area contributed by atoms with Crippen molar-refractivity contribution in [1.82, 2.24) is 5.32 Å². The van der Waals surface area contributed by atoms with E-state index in [0.717, 1.165) is 13.0 Å². The van der Waals surface area contributed by atoms with Gasteiger partial charge in [-0.05, 0) is 26.3 Å². The van der Waals surface area contributed by atoms with Gasteiger partial charge in [-0.3, -0.25) is 0 Å². The van der Waals surface area contributed by atoms with Gasteiger partial charge in [0.2, 0.25) is 0 Å². The predicted molar refractivity (Wildman–Crippen MR) is 65.8 cm³/mol. The quantitative estimate of drug-likeness (QED) is 0.732. The summed E-state index contributed by atoms with van der Waals surface area (Å²) in [4.78, 5) is 0. The van der Waals surface area contributed by atoms with E-state index in [0.29, 0.717) is 5.75 Å². The molecule has 0 aromatic heterocycles. The molecule has 15 heavy (non-hydrogen) atoms. The lowest BCUT2D eigenvalue weighted by molar-refractivity contribution is 0.509. The summed E-state index contributed by atoms with van der Waals surface area (Å²) < 4.78 is 24.0. The van der Waals surface area contributed by atoms with E-state index >= 15 is 0 Å². The molecule has 0 aliphatic heterocycles. The van der Waals surface area contributed by atoms with E-state index in [1.807, 2.05) is 27.7 Å². The van der Waals surface area contributed by atoms with Gasteiger partial charge in [0.25, 0.3) is 0 Å². The highest BCUT2D eigenvalue weighted by molar-refractivity contribution is 7.92. The molecule has 1 N–H and O–H groups in total. The van der Waals surface area contributed by atoms with Gasteiger partial charge in [-0.15, -0.1) is 0 Å². The highest BCUT2D eigenvalue weighted by Gasteiger charge is 2.27. The number of nitrogens with one attached hydrogen (secondary N) is 1. The van der Waals surface area contributed by atoms with Crippen LogP contribution in [0.5, 0.6) is 0 Å². The van der Waals surface area contributed by atoms with Crippen LogP contribution in [0.2, 0.25) is 0 Å². The molecule has 3 unspecified atom stereocenters. The molecule has 0 radical (unpaired) electrons. The van der Waals surface area contributed by atoms with Gasteiger partial charge in [-0.2, -0.15) is 0 Å². The first-order valence-electron chi connectivity index (χ1n) is 5.80. The summed E-state index contributed by atoms with van der Waals surface area (Å²) in [6, 6.07) is 0.0315. The van der Waals surface area contributed by atoms with Crippen LogP contribution < -0.4 is 5.32 Å². The van der Waals surface area contributed by atoms with E-state index in [-0.39, 0.29) is 17.2 Å². The highest BCUT2D eigenvalue weighted by atomic mass is 32.2. The fourth-order valence-corrected chi connectivity index (χ4v) is 3.52. The van der Waals surface area contributed by atoms with Gasteiger partial charge in [0.1, 0.15) is 0 Å². The van der Waals surface area contributed by atoms with Crippen LogP contribution in [0.3, 0.4) is 0 Å². The maximum absolute atomic E-state index is 12.0. The van der Waals surface area contributed by atoms with Crippen molar-refractivity contribution in [2.75, 3.05) is 12.3 Å². The molecule has 0 aromatic rings. The average molecular weight is 235 g/mol. The molecular weight excluding hydrogens is 210 g/mol. The Kier molecular flexibility index (Phi) is 6.44. The van der Waals surface area contributed by atoms with Crippen LogP contribution in [0.15, 0.2) is 0 Å². The maximum atomic E-state index is 12.0. The zero-order chi connectivity index (χ0) is 12.1. The smallest absolute Gasteiger partial charge is 0.154 e. The van der Waals surface area contributed by atoms with Gasteiger partial charge < -0.3 is 5.32 Å². The third kappa shape index (κ3) is 4.98. The Balaban J connectivity index is 4.44. The number of rotatable bonds is 7. The Morgan fingerprint density at radius 2 is 1.67 bits per heavy atom. The van der Waals surface area contributed by atoms with Crippen molar-refractivity contribution in [3.8, 4) is 0 Å². The number of sulfone groups is 1. The van der Waals surface area contributed by atoms with E-state index < -0.39 is 9.84 Å². The summed E-state index contributed by atoms with van der Waals surface area (Å²) in [5.74, 6) is 0.562. The zero-order valence-corrected chi connectivity index (χ0v) is 11.4. The first kappa shape index (κ1) is 14.9. The van der Waals surface area contributed by atoms with Crippen molar-refractivity contribution in [1.29, 1.82) is 0 Å². The van der Waals surface area contributed by atoms with E-state index in [2.05, 4.69) is 5.32 Å². The van der Waals surface area contributed by atoms with Gasteiger partial charge in [-0.1, -0.05) is 27.2 Å². The average Bonchev–Trinajstić information content (AvgIpc) is 2.16. The minimum Gasteiger partial charge on any atom is -0.313 e. The van der Waals surface area contributed by atoms with Crippen molar-refractivity contribution in [2.45, 2.75) is 52.3 Å². The molecular formula is C11H25NO2S. The molecule has 0 saturated carbocycles. The van der Waals surface area contributed by atoms with Crippen molar-refractivity contribution >= 4 is 9.84 Å². The largest absolute Gasteiger partial charge is 0.313 e. The lowest BCUT2D eigenvalue weighted by Crippen LogP contribution is -2.41. The minimum atomic E-state index is -2.96. The normalized spacial score (nSPS) is 18.5. The predicted octanol–water partition coefficient (Wildman–Crippen LogP) is 1.83. The van der Waals surface area contributed by atoms with Crippen LogP contribution in [0.25, 0.3) is 0 Å². The minimum absolute atomic E-state index is 0.0315. The number of hydrogen-bond donors (Lipinski definition) is 1. The molecule has 0 rings (SSSR count). The fourth-order valence-electron chi connectivity index (χ4n) is 1.47. The highest BCUT2D eigenvalue weighted by Crippen LogP contribution is 2.13. The zero-order valence-electron chi connectivity index (χ0n) is 10.6. The van der Waals surface area contributed by atoms with Gasteiger partial charge in [-0.25, -0.2) is 8.42 Å². The second-order valence-corrected chi connectivity index (χ2v) is 6.80. The SMILES string of the molecule is CCNC(C)C(C)S(=O)(=O)CC(C)CC. The summed E-state index contributed by atoms with van der Waals surface area (Å²) in [6.45, 7) is 10.5. The van der Waals surface area contributed by atoms with E-state index in [1.54, 1.807) is 6.92 Å². The van der Waals surface area contributed by atoms with Crippen LogP contribution in [0.4, 0.5) is 0 Å². The fraction of sp³-hybridized carbons (Fsp3) is 1.00.